The average Bonchev–Trinajstić information content (AvgIpc) is 3.33. The highest BCUT2D eigenvalue weighted by molar-refractivity contribution is 7.98. The van der Waals surface area contributed by atoms with Gasteiger partial charge in [-0.05, 0) is 30.5 Å². The van der Waals surface area contributed by atoms with E-state index in [1.807, 2.05) is 47.2 Å². The fraction of sp³-hybridized carbons (Fsp3) is 0.222. The van der Waals surface area contributed by atoms with Crippen LogP contribution in [0.3, 0.4) is 0 Å². The first kappa shape index (κ1) is 17.7. The Labute approximate surface area is 163 Å². The zero-order chi connectivity index (χ0) is 18.8. The van der Waals surface area contributed by atoms with Gasteiger partial charge in [-0.1, -0.05) is 23.9 Å². The lowest BCUT2D eigenvalue weighted by Gasteiger charge is -2.10. The van der Waals surface area contributed by atoms with Crippen molar-refractivity contribution >= 4 is 33.3 Å². The lowest BCUT2D eigenvalue weighted by Crippen LogP contribution is -2.09. The molecule has 0 saturated heterocycles. The fourth-order valence-corrected chi connectivity index (χ4v) is 4.43. The van der Waals surface area contributed by atoms with E-state index in [1.54, 1.807) is 7.11 Å². The van der Waals surface area contributed by atoms with Crippen molar-refractivity contribution in [3.05, 3.63) is 51.9 Å². The Morgan fingerprint density at radius 2 is 2.11 bits per heavy atom. The van der Waals surface area contributed by atoms with Gasteiger partial charge in [0.2, 0.25) is 0 Å². The summed E-state index contributed by atoms with van der Waals surface area (Å²) in [7, 11) is 1.64. The molecule has 1 N–H and O–H groups in total. The van der Waals surface area contributed by atoms with E-state index in [9.17, 15) is 4.79 Å². The molecule has 4 aromatic rings. The number of H-pyrrole nitrogens is 1. The second-order valence-electron chi connectivity index (χ2n) is 5.69. The third-order valence-corrected chi connectivity index (χ3v) is 5.96. The van der Waals surface area contributed by atoms with Crippen LogP contribution in [0, 0.1) is 0 Å². The molecule has 0 aliphatic heterocycles. The van der Waals surface area contributed by atoms with Crippen molar-refractivity contribution in [1.82, 2.24) is 24.7 Å². The monoisotopic (exact) mass is 399 g/mol. The number of hydrogen-bond acceptors (Lipinski definition) is 7. The Morgan fingerprint density at radius 1 is 1.26 bits per heavy atom. The van der Waals surface area contributed by atoms with Gasteiger partial charge in [-0.25, -0.2) is 4.98 Å². The molecular weight excluding hydrogens is 382 g/mol. The molecule has 0 amide bonds. The molecule has 3 heterocycles. The Balaban J connectivity index is 1.63. The summed E-state index contributed by atoms with van der Waals surface area (Å²) in [6.45, 7) is 2.76. The molecule has 138 valence electrons. The first-order valence-corrected chi connectivity index (χ1v) is 10.2. The van der Waals surface area contributed by atoms with Crippen LogP contribution in [-0.4, -0.2) is 31.8 Å². The number of fused-ring (bicyclic) bond motifs is 1. The predicted molar refractivity (Wildman–Crippen MR) is 107 cm³/mol. The predicted octanol–water partition coefficient (Wildman–Crippen LogP) is 3.56. The van der Waals surface area contributed by atoms with E-state index in [0.29, 0.717) is 16.3 Å². The zero-order valence-corrected chi connectivity index (χ0v) is 16.4. The molecule has 0 saturated carbocycles. The van der Waals surface area contributed by atoms with E-state index in [0.717, 1.165) is 34.4 Å². The second kappa shape index (κ2) is 7.53. The van der Waals surface area contributed by atoms with E-state index in [-0.39, 0.29) is 5.56 Å². The van der Waals surface area contributed by atoms with Crippen LogP contribution in [0.2, 0.25) is 0 Å². The quantitative estimate of drug-likeness (QED) is 0.499. The summed E-state index contributed by atoms with van der Waals surface area (Å²) in [6, 6.07) is 9.60. The van der Waals surface area contributed by atoms with Crippen molar-refractivity contribution in [2.75, 3.05) is 7.11 Å². The van der Waals surface area contributed by atoms with Gasteiger partial charge in [0.15, 0.2) is 11.0 Å². The second-order valence-corrected chi connectivity index (χ2v) is 7.55. The number of thioether (sulfide) groups is 1. The molecule has 27 heavy (non-hydrogen) atoms. The Hall–Kier alpha value is -2.65. The van der Waals surface area contributed by atoms with Gasteiger partial charge in [0.25, 0.3) is 5.56 Å². The van der Waals surface area contributed by atoms with E-state index < -0.39 is 0 Å². The standard InChI is InChI=1S/C18H17N5O2S2/c1-3-23-16(11-6-4-5-7-13(11)25-2)21-22-18(23)27-10-14-19-12-8-9-26-15(12)17(24)20-14/h4-9H,3,10H2,1-2H3,(H,19,20,24). The van der Waals surface area contributed by atoms with Gasteiger partial charge in [-0.15, -0.1) is 21.5 Å². The van der Waals surface area contributed by atoms with Crippen LogP contribution >= 0.6 is 23.1 Å². The van der Waals surface area contributed by atoms with Gasteiger partial charge in [0.05, 0.1) is 23.9 Å². The smallest absolute Gasteiger partial charge is 0.268 e. The number of benzene rings is 1. The Bertz CT molecular complexity index is 1150. The highest BCUT2D eigenvalue weighted by Gasteiger charge is 2.17. The molecule has 0 aliphatic rings. The normalized spacial score (nSPS) is 11.2. The number of hydrogen-bond donors (Lipinski definition) is 1. The highest BCUT2D eigenvalue weighted by Crippen LogP contribution is 2.31. The van der Waals surface area contributed by atoms with Crippen LogP contribution < -0.4 is 10.3 Å². The number of rotatable bonds is 6. The maximum Gasteiger partial charge on any atom is 0.268 e. The van der Waals surface area contributed by atoms with Crippen molar-refractivity contribution in [3.8, 4) is 17.1 Å². The molecular formula is C18H17N5O2S2. The van der Waals surface area contributed by atoms with E-state index >= 15 is 0 Å². The Kier molecular flexibility index (Phi) is 4.95. The van der Waals surface area contributed by atoms with Gasteiger partial charge >= 0.3 is 0 Å². The molecule has 0 bridgehead atoms. The number of nitrogens with zero attached hydrogens (tertiary/aromatic N) is 4. The van der Waals surface area contributed by atoms with Crippen LogP contribution in [0.25, 0.3) is 21.6 Å². The van der Waals surface area contributed by atoms with Crippen molar-refractivity contribution in [2.24, 2.45) is 0 Å². The third kappa shape index (κ3) is 3.35. The van der Waals surface area contributed by atoms with Crippen LogP contribution in [0.1, 0.15) is 12.7 Å². The number of ether oxygens (including phenoxy) is 1. The van der Waals surface area contributed by atoms with Crippen molar-refractivity contribution in [1.29, 1.82) is 0 Å². The van der Waals surface area contributed by atoms with Crippen LogP contribution in [0.15, 0.2) is 45.7 Å². The van der Waals surface area contributed by atoms with Gasteiger partial charge < -0.3 is 14.3 Å². The van der Waals surface area contributed by atoms with Crippen molar-refractivity contribution in [3.63, 3.8) is 0 Å². The summed E-state index contributed by atoms with van der Waals surface area (Å²) >= 11 is 2.89. The molecule has 0 atom stereocenters. The minimum Gasteiger partial charge on any atom is -0.496 e. The van der Waals surface area contributed by atoms with Gasteiger partial charge in [-0.3, -0.25) is 4.79 Å². The minimum atomic E-state index is -0.0998. The zero-order valence-electron chi connectivity index (χ0n) is 14.8. The molecule has 0 spiro atoms. The molecule has 0 unspecified atom stereocenters. The fourth-order valence-electron chi connectivity index (χ4n) is 2.83. The molecule has 4 rings (SSSR count). The topological polar surface area (TPSA) is 85.7 Å². The van der Waals surface area contributed by atoms with Crippen molar-refractivity contribution in [2.45, 2.75) is 24.4 Å². The number of para-hydroxylation sites is 1. The van der Waals surface area contributed by atoms with Crippen LogP contribution in [0.5, 0.6) is 5.75 Å². The summed E-state index contributed by atoms with van der Waals surface area (Å²) in [4.78, 5) is 19.5. The highest BCUT2D eigenvalue weighted by atomic mass is 32.2. The molecule has 0 fully saturated rings. The first-order valence-electron chi connectivity index (χ1n) is 8.37. The summed E-state index contributed by atoms with van der Waals surface area (Å²) in [6.07, 6.45) is 0. The largest absolute Gasteiger partial charge is 0.496 e. The molecule has 1 aromatic carbocycles. The lowest BCUT2D eigenvalue weighted by molar-refractivity contribution is 0.416. The molecule has 3 aromatic heterocycles. The average molecular weight is 400 g/mol. The third-order valence-electron chi connectivity index (χ3n) is 4.08. The van der Waals surface area contributed by atoms with Crippen LogP contribution in [-0.2, 0) is 12.3 Å². The summed E-state index contributed by atoms with van der Waals surface area (Å²) in [5.74, 6) is 2.64. The van der Waals surface area contributed by atoms with Gasteiger partial charge in [-0.2, -0.15) is 0 Å². The number of thiophene rings is 1. The number of aromatic nitrogens is 5. The number of methoxy groups -OCH3 is 1. The van der Waals surface area contributed by atoms with Gasteiger partial charge in [0.1, 0.15) is 16.3 Å². The SMILES string of the molecule is CCn1c(SCc2nc3ccsc3c(=O)[nH]2)nnc1-c1ccccc1OC. The van der Waals surface area contributed by atoms with Crippen molar-refractivity contribution < 1.29 is 4.74 Å². The first-order chi connectivity index (χ1) is 13.2. The lowest BCUT2D eigenvalue weighted by atomic mass is 10.2. The van der Waals surface area contributed by atoms with E-state index in [2.05, 4.69) is 20.2 Å². The maximum absolute atomic E-state index is 12.1. The maximum atomic E-state index is 12.1. The molecule has 0 radical (unpaired) electrons. The minimum absolute atomic E-state index is 0.0998. The van der Waals surface area contributed by atoms with Gasteiger partial charge in [0, 0.05) is 6.54 Å². The number of nitrogens with one attached hydrogen (secondary N) is 1. The van der Waals surface area contributed by atoms with Crippen LogP contribution in [0.4, 0.5) is 0 Å². The summed E-state index contributed by atoms with van der Waals surface area (Å²) < 4.78 is 8.13. The number of aromatic amines is 1. The van der Waals surface area contributed by atoms with E-state index in [1.165, 1.54) is 23.1 Å². The van der Waals surface area contributed by atoms with E-state index in [4.69, 9.17) is 4.74 Å². The molecule has 7 nitrogen and oxygen atoms in total. The Morgan fingerprint density at radius 3 is 2.93 bits per heavy atom. The summed E-state index contributed by atoms with van der Waals surface area (Å²) in [5.41, 5.74) is 1.52. The molecule has 9 heteroatoms. The molecule has 0 aliphatic carbocycles. The summed E-state index contributed by atoms with van der Waals surface area (Å²) in [5, 5.41) is 11.3.